The maximum atomic E-state index is 10.3. The number of aliphatic hydroxyl groups is 1. The van der Waals surface area contributed by atoms with Gasteiger partial charge in [-0.2, -0.15) is 0 Å². The summed E-state index contributed by atoms with van der Waals surface area (Å²) in [6, 6.07) is 0. The van der Waals surface area contributed by atoms with E-state index in [0.717, 1.165) is 6.08 Å². The van der Waals surface area contributed by atoms with Gasteiger partial charge >= 0.3 is 5.97 Å². The van der Waals surface area contributed by atoms with E-state index in [1.165, 1.54) is 6.92 Å². The number of carbonyl (C=O) groups is 1. The molecule has 0 aromatic heterocycles. The van der Waals surface area contributed by atoms with E-state index in [4.69, 9.17) is 5.11 Å². The fourth-order valence-corrected chi connectivity index (χ4v) is 0.262. The zero-order chi connectivity index (χ0) is 10.9. The quantitative estimate of drug-likeness (QED) is 0.568. The molecule has 0 rings (SSSR count). The van der Waals surface area contributed by atoms with Gasteiger partial charge in [0.25, 0.3) is 0 Å². The molecule has 0 aromatic rings. The van der Waals surface area contributed by atoms with Gasteiger partial charge in [0.2, 0.25) is 0 Å². The number of rotatable bonds is 3. The Balaban J connectivity index is -0.000000209. The predicted molar refractivity (Wildman–Crippen MR) is 59.7 cm³/mol. The molecule has 0 saturated heterocycles. The summed E-state index contributed by atoms with van der Waals surface area (Å²) in [5, 5.41) is 8.59. The maximum Gasteiger partial charge on any atom is 0.330 e. The Morgan fingerprint density at radius 1 is 1.57 bits per heavy atom. The van der Waals surface area contributed by atoms with Crippen LogP contribution in [0.5, 0.6) is 0 Å². The highest BCUT2D eigenvalue weighted by Gasteiger charge is 1.98. The van der Waals surface area contributed by atoms with Crippen LogP contribution in [0.25, 0.3) is 0 Å². The third kappa shape index (κ3) is 30.1. The van der Waals surface area contributed by atoms with Crippen molar-refractivity contribution in [3.63, 3.8) is 0 Å². The predicted octanol–water partition coefficient (Wildman–Crippen LogP) is 0.696. The summed E-state index contributed by atoms with van der Waals surface area (Å²) in [7, 11) is 6.00. The van der Waals surface area contributed by atoms with Crippen molar-refractivity contribution in [3.05, 3.63) is 12.7 Å². The van der Waals surface area contributed by atoms with Crippen molar-refractivity contribution in [2.45, 2.75) is 13.0 Å². The van der Waals surface area contributed by atoms with Crippen LogP contribution in [0.3, 0.4) is 0 Å². The highest BCUT2D eigenvalue weighted by atomic mass is 35.5. The van der Waals surface area contributed by atoms with Gasteiger partial charge in [-0.1, -0.05) is 6.58 Å². The number of halogens is 1. The standard InChI is InChI=1S/C6H10O3.C3H9N.ClH/c1-3-6(8)9-4-5(2)7;1-4(2)3;/h3,5,7H,1,4H2,2H3;1-3H3;1H. The summed E-state index contributed by atoms with van der Waals surface area (Å²) in [5.41, 5.74) is 0. The monoisotopic (exact) mass is 225 g/mol. The third-order valence-electron chi connectivity index (χ3n) is 0.633. The number of esters is 1. The van der Waals surface area contributed by atoms with Gasteiger partial charge < -0.3 is 14.7 Å². The van der Waals surface area contributed by atoms with E-state index in [9.17, 15) is 4.79 Å². The number of hydrogen-bond acceptors (Lipinski definition) is 4. The highest BCUT2D eigenvalue weighted by Crippen LogP contribution is 1.83. The largest absolute Gasteiger partial charge is 0.460 e. The molecule has 0 aliphatic heterocycles. The SMILES string of the molecule is C=CC(=O)OCC(C)O.CN(C)C.Cl. The lowest BCUT2D eigenvalue weighted by atomic mass is 10.4. The molecule has 1 N–H and O–H groups in total. The highest BCUT2D eigenvalue weighted by molar-refractivity contribution is 5.85. The molecule has 5 heteroatoms. The molecule has 0 saturated carbocycles. The zero-order valence-corrected chi connectivity index (χ0v) is 10.0. The Morgan fingerprint density at radius 2 is 1.93 bits per heavy atom. The average molecular weight is 226 g/mol. The summed E-state index contributed by atoms with van der Waals surface area (Å²) >= 11 is 0. The minimum Gasteiger partial charge on any atom is -0.460 e. The number of hydrogen-bond donors (Lipinski definition) is 1. The Labute approximate surface area is 92.0 Å². The lowest BCUT2D eigenvalue weighted by Gasteiger charge is -2.02. The minimum atomic E-state index is -0.603. The van der Waals surface area contributed by atoms with Gasteiger partial charge in [0, 0.05) is 6.08 Å². The summed E-state index contributed by atoms with van der Waals surface area (Å²) in [4.78, 5) is 12.3. The van der Waals surface area contributed by atoms with Crippen LogP contribution >= 0.6 is 12.4 Å². The summed E-state index contributed by atoms with van der Waals surface area (Å²) in [5.74, 6) is -0.504. The van der Waals surface area contributed by atoms with Crippen LogP contribution in [0, 0.1) is 0 Å². The lowest BCUT2D eigenvalue weighted by molar-refractivity contribution is -0.140. The normalized spacial score (nSPS) is 10.4. The fourth-order valence-electron chi connectivity index (χ4n) is 0.262. The molecule has 0 aromatic carbocycles. The first kappa shape index (κ1) is 19.1. The Morgan fingerprint density at radius 3 is 2.14 bits per heavy atom. The number of carbonyl (C=O) groups excluding carboxylic acids is 1. The molecule has 0 bridgehead atoms. The van der Waals surface area contributed by atoms with Crippen LogP contribution in [-0.2, 0) is 9.53 Å². The van der Waals surface area contributed by atoms with E-state index in [1.807, 2.05) is 26.0 Å². The van der Waals surface area contributed by atoms with E-state index < -0.39 is 12.1 Å². The van der Waals surface area contributed by atoms with Crippen molar-refractivity contribution in [1.82, 2.24) is 4.90 Å². The second-order valence-electron chi connectivity index (χ2n) is 3.02. The van der Waals surface area contributed by atoms with Crippen LogP contribution in [-0.4, -0.2) is 49.8 Å². The second-order valence-corrected chi connectivity index (χ2v) is 3.02. The first-order valence-corrected chi connectivity index (χ1v) is 3.98. The van der Waals surface area contributed by atoms with E-state index in [0.29, 0.717) is 0 Å². The Hall–Kier alpha value is -0.580. The van der Waals surface area contributed by atoms with Crippen molar-refractivity contribution in [3.8, 4) is 0 Å². The van der Waals surface area contributed by atoms with Crippen LogP contribution in [0.15, 0.2) is 12.7 Å². The molecule has 0 spiro atoms. The van der Waals surface area contributed by atoms with Gasteiger partial charge in [-0.15, -0.1) is 12.4 Å². The smallest absolute Gasteiger partial charge is 0.330 e. The van der Waals surface area contributed by atoms with E-state index in [1.54, 1.807) is 0 Å². The maximum absolute atomic E-state index is 10.3. The van der Waals surface area contributed by atoms with E-state index in [2.05, 4.69) is 11.3 Å². The lowest BCUT2D eigenvalue weighted by Crippen LogP contribution is -2.13. The molecule has 0 amide bonds. The van der Waals surface area contributed by atoms with Crippen LogP contribution in [0.1, 0.15) is 6.92 Å². The molecule has 0 aliphatic carbocycles. The van der Waals surface area contributed by atoms with Crippen LogP contribution < -0.4 is 0 Å². The topological polar surface area (TPSA) is 49.8 Å². The molecule has 4 nitrogen and oxygen atoms in total. The average Bonchev–Trinajstić information content (AvgIpc) is 1.99. The van der Waals surface area contributed by atoms with Gasteiger partial charge in [0.15, 0.2) is 0 Å². The summed E-state index contributed by atoms with van der Waals surface area (Å²) in [6.07, 6.45) is 0.455. The minimum absolute atomic E-state index is 0. The van der Waals surface area contributed by atoms with Gasteiger partial charge in [0.05, 0.1) is 6.10 Å². The van der Waals surface area contributed by atoms with Crippen molar-refractivity contribution >= 4 is 18.4 Å². The Kier molecular flexibility index (Phi) is 16.9. The molecular formula is C9H20ClNO3. The number of ether oxygens (including phenoxy) is 1. The van der Waals surface area contributed by atoms with Crippen LogP contribution in [0.4, 0.5) is 0 Å². The molecule has 0 aliphatic rings. The molecule has 1 unspecified atom stereocenters. The summed E-state index contributed by atoms with van der Waals surface area (Å²) < 4.78 is 4.45. The fraction of sp³-hybridized carbons (Fsp3) is 0.667. The van der Waals surface area contributed by atoms with Crippen molar-refractivity contribution in [1.29, 1.82) is 0 Å². The first-order chi connectivity index (χ1) is 5.90. The first-order valence-electron chi connectivity index (χ1n) is 3.98. The third-order valence-corrected chi connectivity index (χ3v) is 0.633. The van der Waals surface area contributed by atoms with Gasteiger partial charge in [-0.05, 0) is 28.1 Å². The summed E-state index contributed by atoms with van der Waals surface area (Å²) in [6.45, 7) is 4.75. The molecule has 1 atom stereocenters. The number of nitrogens with zero attached hydrogens (tertiary/aromatic N) is 1. The van der Waals surface area contributed by atoms with E-state index >= 15 is 0 Å². The Bertz CT molecular complexity index is 146. The zero-order valence-electron chi connectivity index (χ0n) is 9.19. The van der Waals surface area contributed by atoms with Crippen molar-refractivity contribution in [2.24, 2.45) is 0 Å². The molecule has 0 fully saturated rings. The van der Waals surface area contributed by atoms with Crippen molar-refractivity contribution in [2.75, 3.05) is 27.7 Å². The second kappa shape index (κ2) is 12.4. The molecule has 0 heterocycles. The van der Waals surface area contributed by atoms with E-state index in [-0.39, 0.29) is 19.0 Å². The van der Waals surface area contributed by atoms with Gasteiger partial charge in [0.1, 0.15) is 6.61 Å². The van der Waals surface area contributed by atoms with Gasteiger partial charge in [-0.3, -0.25) is 0 Å². The molecule has 86 valence electrons. The van der Waals surface area contributed by atoms with Crippen LogP contribution in [0.2, 0.25) is 0 Å². The van der Waals surface area contributed by atoms with Crippen molar-refractivity contribution < 1.29 is 14.6 Å². The van der Waals surface area contributed by atoms with Gasteiger partial charge in [-0.25, -0.2) is 4.79 Å². The number of aliphatic hydroxyl groups excluding tert-OH is 1. The molecular weight excluding hydrogens is 206 g/mol. The molecule has 14 heavy (non-hydrogen) atoms. The molecule has 0 radical (unpaired) electrons.